The van der Waals surface area contributed by atoms with Gasteiger partial charge < -0.3 is 19.7 Å². The van der Waals surface area contributed by atoms with E-state index < -0.39 is 0 Å². The van der Waals surface area contributed by atoms with Gasteiger partial charge in [-0.05, 0) is 44.4 Å². The van der Waals surface area contributed by atoms with Crippen molar-refractivity contribution in [1.29, 1.82) is 0 Å². The van der Waals surface area contributed by atoms with Gasteiger partial charge in [-0.1, -0.05) is 0 Å². The fourth-order valence-electron chi connectivity index (χ4n) is 3.08. The van der Waals surface area contributed by atoms with Crippen molar-refractivity contribution in [3.05, 3.63) is 0 Å². The predicted octanol–water partition coefficient (Wildman–Crippen LogP) is 1.88. The monoisotopic (exact) mass is 297 g/mol. The van der Waals surface area contributed by atoms with Crippen LogP contribution in [0.25, 0.3) is 0 Å². The molecule has 1 N–H and O–H groups in total. The number of nitrogens with zero attached hydrogens (tertiary/aromatic N) is 2. The van der Waals surface area contributed by atoms with Gasteiger partial charge in [-0.2, -0.15) is 0 Å². The predicted molar refractivity (Wildman–Crippen MR) is 85.7 cm³/mol. The highest BCUT2D eigenvalue weighted by Gasteiger charge is 2.17. The van der Waals surface area contributed by atoms with Crippen LogP contribution in [0.1, 0.15) is 38.5 Å². The van der Waals surface area contributed by atoms with E-state index in [9.17, 15) is 0 Å². The van der Waals surface area contributed by atoms with Crippen LogP contribution in [-0.4, -0.2) is 64.0 Å². The summed E-state index contributed by atoms with van der Waals surface area (Å²) in [5.41, 5.74) is 0. The number of rotatable bonds is 5. The maximum Gasteiger partial charge on any atom is 0.193 e. The van der Waals surface area contributed by atoms with Crippen LogP contribution >= 0.6 is 0 Å². The molecule has 0 aromatic heterocycles. The molecule has 0 spiro atoms. The topological polar surface area (TPSA) is 46.1 Å². The van der Waals surface area contributed by atoms with Gasteiger partial charge in [0, 0.05) is 47.0 Å². The minimum atomic E-state index is 0.347. The fraction of sp³-hybridized carbons (Fsp3) is 0.938. The number of nitrogens with one attached hydrogen (secondary N) is 1. The van der Waals surface area contributed by atoms with Crippen molar-refractivity contribution in [2.45, 2.75) is 44.6 Å². The summed E-state index contributed by atoms with van der Waals surface area (Å²) >= 11 is 0. The maximum atomic E-state index is 5.76. The van der Waals surface area contributed by atoms with Crippen LogP contribution in [0.3, 0.4) is 0 Å². The molecule has 0 bridgehead atoms. The van der Waals surface area contributed by atoms with E-state index in [4.69, 9.17) is 9.47 Å². The second-order valence-corrected chi connectivity index (χ2v) is 6.18. The Labute approximate surface area is 129 Å². The molecule has 5 heteroatoms. The van der Waals surface area contributed by atoms with Crippen molar-refractivity contribution < 1.29 is 9.47 Å². The Kier molecular flexibility index (Phi) is 7.30. The van der Waals surface area contributed by atoms with Crippen LogP contribution in [0, 0.1) is 5.92 Å². The van der Waals surface area contributed by atoms with Crippen molar-refractivity contribution in [3.63, 3.8) is 0 Å². The van der Waals surface area contributed by atoms with E-state index in [0.29, 0.717) is 6.10 Å². The Bertz CT molecular complexity index is 311. The van der Waals surface area contributed by atoms with Gasteiger partial charge in [-0.3, -0.25) is 4.99 Å². The van der Waals surface area contributed by atoms with Gasteiger partial charge in [0.1, 0.15) is 0 Å². The van der Waals surface area contributed by atoms with Gasteiger partial charge in [-0.25, -0.2) is 0 Å². The van der Waals surface area contributed by atoms with Gasteiger partial charge in [0.15, 0.2) is 5.96 Å². The molecule has 0 amide bonds. The summed E-state index contributed by atoms with van der Waals surface area (Å²) in [6.45, 7) is 4.69. The summed E-state index contributed by atoms with van der Waals surface area (Å²) in [5.74, 6) is 1.79. The SMILES string of the molecule is CN=C(NCC1CCCCO1)N(C)CCC1CCOCC1. The number of ether oxygens (including phenoxy) is 2. The first kappa shape index (κ1) is 16.6. The van der Waals surface area contributed by atoms with Crippen molar-refractivity contribution >= 4 is 5.96 Å². The van der Waals surface area contributed by atoms with E-state index in [1.807, 2.05) is 7.05 Å². The summed E-state index contributed by atoms with van der Waals surface area (Å²) in [4.78, 5) is 6.62. The molecule has 0 radical (unpaired) electrons. The van der Waals surface area contributed by atoms with Gasteiger partial charge in [0.05, 0.1) is 6.10 Å². The largest absolute Gasteiger partial charge is 0.381 e. The molecular weight excluding hydrogens is 266 g/mol. The first-order chi connectivity index (χ1) is 10.3. The number of hydrogen-bond acceptors (Lipinski definition) is 3. The third-order valence-corrected chi connectivity index (χ3v) is 4.55. The van der Waals surface area contributed by atoms with Gasteiger partial charge in [0.2, 0.25) is 0 Å². The Balaban J connectivity index is 1.66. The van der Waals surface area contributed by atoms with Gasteiger partial charge >= 0.3 is 0 Å². The van der Waals surface area contributed by atoms with Crippen LogP contribution in [0.15, 0.2) is 4.99 Å². The van der Waals surface area contributed by atoms with E-state index in [1.165, 1.54) is 32.1 Å². The Hall–Kier alpha value is -0.810. The smallest absolute Gasteiger partial charge is 0.193 e. The summed E-state index contributed by atoms with van der Waals surface area (Å²) < 4.78 is 11.2. The molecule has 1 atom stereocenters. The van der Waals surface area contributed by atoms with Crippen molar-refractivity contribution in [2.24, 2.45) is 10.9 Å². The molecule has 5 nitrogen and oxygen atoms in total. The first-order valence-corrected chi connectivity index (χ1v) is 8.40. The van der Waals surface area contributed by atoms with E-state index in [2.05, 4.69) is 22.3 Å². The van der Waals surface area contributed by atoms with Crippen LogP contribution in [0.2, 0.25) is 0 Å². The minimum absolute atomic E-state index is 0.347. The molecule has 2 heterocycles. The summed E-state index contributed by atoms with van der Waals surface area (Å²) in [7, 11) is 3.98. The van der Waals surface area contributed by atoms with E-state index >= 15 is 0 Å². The lowest BCUT2D eigenvalue weighted by Crippen LogP contribution is -2.44. The zero-order chi connectivity index (χ0) is 14.9. The van der Waals surface area contributed by atoms with Crippen molar-refractivity contribution in [1.82, 2.24) is 10.2 Å². The lowest BCUT2D eigenvalue weighted by molar-refractivity contribution is 0.0191. The standard InChI is InChI=1S/C16H31N3O2/c1-17-16(18-13-15-5-3-4-10-21-15)19(2)9-6-14-7-11-20-12-8-14/h14-15H,3-13H2,1-2H3,(H,17,18). The van der Waals surface area contributed by atoms with Crippen LogP contribution in [-0.2, 0) is 9.47 Å². The minimum Gasteiger partial charge on any atom is -0.381 e. The van der Waals surface area contributed by atoms with Gasteiger partial charge in [0.25, 0.3) is 0 Å². The molecule has 0 saturated carbocycles. The van der Waals surface area contributed by atoms with E-state index in [1.54, 1.807) is 0 Å². The highest BCUT2D eigenvalue weighted by Crippen LogP contribution is 2.18. The lowest BCUT2D eigenvalue weighted by Gasteiger charge is -2.28. The number of aliphatic imine (C=N–C) groups is 1. The molecule has 0 aromatic rings. The Morgan fingerprint density at radius 1 is 1.19 bits per heavy atom. The van der Waals surface area contributed by atoms with Crippen molar-refractivity contribution in [3.8, 4) is 0 Å². The zero-order valence-electron chi connectivity index (χ0n) is 13.6. The van der Waals surface area contributed by atoms with E-state index in [0.717, 1.165) is 51.2 Å². The second kappa shape index (κ2) is 9.26. The van der Waals surface area contributed by atoms with Crippen LogP contribution in [0.4, 0.5) is 0 Å². The molecule has 122 valence electrons. The number of guanidine groups is 1. The Morgan fingerprint density at radius 2 is 2.00 bits per heavy atom. The van der Waals surface area contributed by atoms with E-state index in [-0.39, 0.29) is 0 Å². The second-order valence-electron chi connectivity index (χ2n) is 6.18. The average Bonchev–Trinajstić information content (AvgIpc) is 2.55. The lowest BCUT2D eigenvalue weighted by atomic mass is 9.96. The highest BCUT2D eigenvalue weighted by atomic mass is 16.5. The molecular formula is C16H31N3O2. The zero-order valence-corrected chi connectivity index (χ0v) is 13.6. The molecule has 2 rings (SSSR count). The molecule has 21 heavy (non-hydrogen) atoms. The van der Waals surface area contributed by atoms with Crippen LogP contribution in [0.5, 0.6) is 0 Å². The third-order valence-electron chi connectivity index (χ3n) is 4.55. The first-order valence-electron chi connectivity index (χ1n) is 8.40. The fourth-order valence-corrected chi connectivity index (χ4v) is 3.08. The number of hydrogen-bond donors (Lipinski definition) is 1. The summed E-state index contributed by atoms with van der Waals surface area (Å²) in [6.07, 6.45) is 7.63. The van der Waals surface area contributed by atoms with Crippen LogP contribution < -0.4 is 5.32 Å². The van der Waals surface area contributed by atoms with Crippen molar-refractivity contribution in [2.75, 3.05) is 47.0 Å². The third kappa shape index (κ3) is 5.83. The molecule has 1 unspecified atom stereocenters. The quantitative estimate of drug-likeness (QED) is 0.622. The normalized spacial score (nSPS) is 24.9. The molecule has 0 aromatic carbocycles. The summed E-state index contributed by atoms with van der Waals surface area (Å²) in [6, 6.07) is 0. The molecule has 2 aliphatic heterocycles. The molecule has 0 aliphatic carbocycles. The Morgan fingerprint density at radius 3 is 2.67 bits per heavy atom. The van der Waals surface area contributed by atoms with Gasteiger partial charge in [-0.15, -0.1) is 0 Å². The summed E-state index contributed by atoms with van der Waals surface area (Å²) in [5, 5.41) is 3.45. The molecule has 2 fully saturated rings. The molecule has 2 saturated heterocycles. The average molecular weight is 297 g/mol. The highest BCUT2D eigenvalue weighted by molar-refractivity contribution is 5.79. The molecule has 2 aliphatic rings. The maximum absolute atomic E-state index is 5.76.